The minimum atomic E-state index is -0.248. The van der Waals surface area contributed by atoms with E-state index in [1.54, 1.807) is 13.1 Å². The maximum absolute atomic E-state index is 13.2. The van der Waals surface area contributed by atoms with E-state index in [0.717, 1.165) is 56.8 Å². The molecule has 2 aromatic carbocycles. The number of nitrogens with zero attached hydrogens (tertiary/aromatic N) is 1. The molecule has 2 aliphatic heterocycles. The summed E-state index contributed by atoms with van der Waals surface area (Å²) in [6.45, 7) is 6.66. The van der Waals surface area contributed by atoms with Gasteiger partial charge in [-0.2, -0.15) is 0 Å². The van der Waals surface area contributed by atoms with Crippen molar-refractivity contribution in [2.45, 2.75) is 37.8 Å². The van der Waals surface area contributed by atoms with Gasteiger partial charge in [-0.15, -0.1) is 0 Å². The van der Waals surface area contributed by atoms with Gasteiger partial charge < -0.3 is 20.1 Å². The predicted octanol–water partition coefficient (Wildman–Crippen LogP) is 2.80. The Morgan fingerprint density at radius 2 is 1.85 bits per heavy atom. The minimum Gasteiger partial charge on any atom is -0.489 e. The van der Waals surface area contributed by atoms with Crippen molar-refractivity contribution < 1.29 is 19.1 Å². The lowest BCUT2D eigenvalue weighted by Crippen LogP contribution is -2.37. The largest absolute Gasteiger partial charge is 0.489 e. The third kappa shape index (κ3) is 4.68. The van der Waals surface area contributed by atoms with Crippen molar-refractivity contribution in [3.8, 4) is 5.75 Å². The van der Waals surface area contributed by atoms with E-state index in [0.29, 0.717) is 22.8 Å². The van der Waals surface area contributed by atoms with Gasteiger partial charge in [-0.25, -0.2) is 0 Å². The number of fused-ring (bicyclic) bond motifs is 1. The third-order valence-corrected chi connectivity index (χ3v) is 7.28. The highest BCUT2D eigenvalue weighted by Gasteiger charge is 2.40. The average Bonchev–Trinajstić information content (AvgIpc) is 3.52. The first-order valence-electron chi connectivity index (χ1n) is 12.3. The smallest absolute Gasteiger partial charge is 0.254 e. The summed E-state index contributed by atoms with van der Waals surface area (Å²) >= 11 is 0. The maximum atomic E-state index is 13.2. The minimum absolute atomic E-state index is 0.0328. The molecule has 1 aliphatic carbocycles. The Hall–Kier alpha value is -2.90. The van der Waals surface area contributed by atoms with Crippen LogP contribution < -0.4 is 15.4 Å². The number of benzene rings is 2. The van der Waals surface area contributed by atoms with Crippen LogP contribution in [0.4, 0.5) is 0 Å². The van der Waals surface area contributed by atoms with Gasteiger partial charge >= 0.3 is 0 Å². The SMILES string of the molecule is CNC(=O)c1cc(C(=O)NC2CC2CCN2CCOCC2)cc2c1O[C@H](C)[C@H]2c1ccccc1. The second kappa shape index (κ2) is 9.76. The molecule has 5 rings (SSSR count). The van der Waals surface area contributed by atoms with Crippen LogP contribution in [0, 0.1) is 5.92 Å². The second-order valence-corrected chi connectivity index (χ2v) is 9.55. The van der Waals surface area contributed by atoms with Crippen molar-refractivity contribution in [3.63, 3.8) is 0 Å². The zero-order chi connectivity index (χ0) is 23.7. The van der Waals surface area contributed by atoms with E-state index in [2.05, 4.69) is 27.7 Å². The van der Waals surface area contributed by atoms with E-state index < -0.39 is 0 Å². The number of carbonyl (C=O) groups excluding carboxylic acids is 2. The monoisotopic (exact) mass is 463 g/mol. The van der Waals surface area contributed by atoms with Gasteiger partial charge in [0.1, 0.15) is 11.9 Å². The fraction of sp³-hybridized carbons (Fsp3) is 0.481. The summed E-state index contributed by atoms with van der Waals surface area (Å²) in [5.74, 6) is 0.682. The topological polar surface area (TPSA) is 79.9 Å². The number of amides is 2. The molecule has 2 aromatic rings. The van der Waals surface area contributed by atoms with Gasteiger partial charge in [0.2, 0.25) is 0 Å². The zero-order valence-corrected chi connectivity index (χ0v) is 19.9. The van der Waals surface area contributed by atoms with Crippen LogP contribution in [0.25, 0.3) is 0 Å². The number of rotatable bonds is 7. The van der Waals surface area contributed by atoms with E-state index in [1.165, 1.54) is 0 Å². The summed E-state index contributed by atoms with van der Waals surface area (Å²) in [5.41, 5.74) is 2.93. The molecule has 0 aromatic heterocycles. The van der Waals surface area contributed by atoms with Crippen molar-refractivity contribution in [1.29, 1.82) is 0 Å². The predicted molar refractivity (Wildman–Crippen MR) is 129 cm³/mol. The van der Waals surface area contributed by atoms with Gasteiger partial charge in [0.05, 0.1) is 18.8 Å². The molecule has 1 saturated carbocycles. The van der Waals surface area contributed by atoms with Gasteiger partial charge in [-0.1, -0.05) is 30.3 Å². The quantitative estimate of drug-likeness (QED) is 0.660. The summed E-state index contributed by atoms with van der Waals surface area (Å²) in [4.78, 5) is 28.3. The molecule has 0 radical (unpaired) electrons. The number of ether oxygens (including phenoxy) is 2. The fourth-order valence-corrected chi connectivity index (χ4v) is 5.23. The van der Waals surface area contributed by atoms with Crippen molar-refractivity contribution in [3.05, 3.63) is 64.7 Å². The first-order valence-corrected chi connectivity index (χ1v) is 12.3. The first-order chi connectivity index (χ1) is 16.5. The molecule has 34 heavy (non-hydrogen) atoms. The molecule has 2 heterocycles. The number of carbonyl (C=O) groups is 2. The lowest BCUT2D eigenvalue weighted by Gasteiger charge is -2.26. The Bertz CT molecular complexity index is 1050. The molecule has 0 spiro atoms. The molecule has 2 fully saturated rings. The normalized spacial score (nSPS) is 25.8. The standard InChI is InChI=1S/C27H33N3O4/c1-17-24(18-6-4-3-5-7-18)21-14-20(15-22(25(21)34-17)27(32)28-2)26(31)29-23-16-19(23)8-9-30-10-12-33-13-11-30/h3-7,14-15,17,19,23-24H,8-13,16H2,1-2H3,(H,28,32)(H,29,31)/t17-,19?,23?,24+/m1/s1. The van der Waals surface area contributed by atoms with E-state index in [1.807, 2.05) is 31.2 Å². The molecule has 7 heteroatoms. The van der Waals surface area contributed by atoms with Crippen LogP contribution in [0.1, 0.15) is 57.5 Å². The summed E-state index contributed by atoms with van der Waals surface area (Å²) in [6, 6.07) is 13.9. The van der Waals surface area contributed by atoms with Crippen molar-refractivity contribution in [2.75, 3.05) is 39.9 Å². The van der Waals surface area contributed by atoms with Gasteiger partial charge in [0.25, 0.3) is 11.8 Å². The molecule has 2 amide bonds. The van der Waals surface area contributed by atoms with Gasteiger partial charge in [-0.05, 0) is 49.9 Å². The van der Waals surface area contributed by atoms with Crippen LogP contribution in [0.3, 0.4) is 0 Å². The van der Waals surface area contributed by atoms with Gasteiger partial charge in [0, 0.05) is 43.2 Å². The second-order valence-electron chi connectivity index (χ2n) is 9.55. The number of morpholine rings is 1. The first kappa shape index (κ1) is 22.9. The highest BCUT2D eigenvalue weighted by atomic mass is 16.5. The Morgan fingerprint density at radius 1 is 1.09 bits per heavy atom. The van der Waals surface area contributed by atoms with Crippen molar-refractivity contribution in [1.82, 2.24) is 15.5 Å². The van der Waals surface area contributed by atoms with E-state index in [9.17, 15) is 9.59 Å². The molecule has 2 N–H and O–H groups in total. The van der Waals surface area contributed by atoms with Gasteiger partial charge in [0.15, 0.2) is 0 Å². The number of hydrogen-bond donors (Lipinski definition) is 2. The molecular weight excluding hydrogens is 430 g/mol. The Kier molecular flexibility index (Phi) is 6.57. The summed E-state index contributed by atoms with van der Waals surface area (Å²) < 4.78 is 11.6. The molecule has 0 bridgehead atoms. The highest BCUT2D eigenvalue weighted by molar-refractivity contribution is 6.02. The molecule has 3 aliphatic rings. The van der Waals surface area contributed by atoms with Crippen LogP contribution in [0.2, 0.25) is 0 Å². The van der Waals surface area contributed by atoms with Crippen LogP contribution in [-0.4, -0.2) is 68.8 Å². The molecule has 2 unspecified atom stereocenters. The zero-order valence-electron chi connectivity index (χ0n) is 19.9. The molecule has 1 saturated heterocycles. The van der Waals surface area contributed by atoms with Crippen molar-refractivity contribution >= 4 is 11.8 Å². The maximum Gasteiger partial charge on any atom is 0.254 e. The van der Waals surface area contributed by atoms with Gasteiger partial charge in [-0.3, -0.25) is 14.5 Å². The lowest BCUT2D eigenvalue weighted by atomic mass is 9.87. The Morgan fingerprint density at radius 3 is 2.59 bits per heavy atom. The summed E-state index contributed by atoms with van der Waals surface area (Å²) in [5, 5.41) is 5.88. The molecule has 4 atom stereocenters. The van der Waals surface area contributed by atoms with Crippen LogP contribution in [0.15, 0.2) is 42.5 Å². The Labute approximate surface area is 200 Å². The van der Waals surface area contributed by atoms with Crippen molar-refractivity contribution in [2.24, 2.45) is 5.92 Å². The molecule has 180 valence electrons. The summed E-state index contributed by atoms with van der Waals surface area (Å²) in [6.07, 6.45) is 1.96. The molecule has 7 nitrogen and oxygen atoms in total. The van der Waals surface area contributed by atoms with E-state index in [-0.39, 0.29) is 29.9 Å². The average molecular weight is 464 g/mol. The fourth-order valence-electron chi connectivity index (χ4n) is 5.23. The van der Waals surface area contributed by atoms with Crippen LogP contribution >= 0.6 is 0 Å². The molecular formula is C27H33N3O4. The third-order valence-electron chi connectivity index (χ3n) is 7.28. The number of hydrogen-bond acceptors (Lipinski definition) is 5. The van der Waals surface area contributed by atoms with Crippen LogP contribution in [0.5, 0.6) is 5.75 Å². The van der Waals surface area contributed by atoms with E-state index >= 15 is 0 Å². The van der Waals surface area contributed by atoms with E-state index in [4.69, 9.17) is 9.47 Å². The van der Waals surface area contributed by atoms with Crippen LogP contribution in [-0.2, 0) is 4.74 Å². The lowest BCUT2D eigenvalue weighted by molar-refractivity contribution is 0.0367. The Balaban J connectivity index is 1.32. The number of nitrogens with one attached hydrogen (secondary N) is 2. The highest BCUT2D eigenvalue weighted by Crippen LogP contribution is 2.45. The summed E-state index contributed by atoms with van der Waals surface area (Å²) in [7, 11) is 1.60.